The maximum absolute atomic E-state index is 13.0. The van der Waals surface area contributed by atoms with Crippen molar-refractivity contribution in [2.24, 2.45) is 0 Å². The summed E-state index contributed by atoms with van der Waals surface area (Å²) < 4.78 is 25.4. The fourth-order valence-electron chi connectivity index (χ4n) is 2.52. The van der Waals surface area contributed by atoms with Gasteiger partial charge in [-0.05, 0) is 82.2 Å². The molecule has 0 saturated carbocycles. The van der Waals surface area contributed by atoms with Crippen molar-refractivity contribution in [1.29, 1.82) is 0 Å². The van der Waals surface area contributed by atoms with Crippen LogP contribution >= 0.6 is 34.2 Å². The number of methoxy groups -OCH3 is 1. The lowest BCUT2D eigenvalue weighted by atomic mass is 10.2. The standard InChI is InChI=1S/C21H18ClFINO2/c1-26-20-11-15(12-25-18-8-6-17(23)7-9-18)10-19(24)21(20)27-13-14-2-4-16(22)5-3-14/h2-11,25H,12-13H2,1H3. The van der Waals surface area contributed by atoms with Gasteiger partial charge in [0.25, 0.3) is 0 Å². The molecule has 1 N–H and O–H groups in total. The molecule has 0 saturated heterocycles. The van der Waals surface area contributed by atoms with E-state index in [1.807, 2.05) is 36.4 Å². The summed E-state index contributed by atoms with van der Waals surface area (Å²) in [5.74, 6) is 1.13. The van der Waals surface area contributed by atoms with Gasteiger partial charge in [0.05, 0.1) is 10.7 Å². The Morgan fingerprint density at radius 2 is 1.70 bits per heavy atom. The molecule has 3 aromatic rings. The molecule has 0 aliphatic rings. The monoisotopic (exact) mass is 497 g/mol. The molecule has 0 aliphatic carbocycles. The van der Waals surface area contributed by atoms with Gasteiger partial charge in [-0.2, -0.15) is 0 Å². The van der Waals surface area contributed by atoms with Crippen molar-refractivity contribution < 1.29 is 13.9 Å². The molecule has 0 bridgehead atoms. The highest BCUT2D eigenvalue weighted by Crippen LogP contribution is 2.35. The molecule has 3 nitrogen and oxygen atoms in total. The largest absolute Gasteiger partial charge is 0.493 e. The summed E-state index contributed by atoms with van der Waals surface area (Å²) in [5.41, 5.74) is 2.92. The van der Waals surface area contributed by atoms with Crippen LogP contribution in [0.4, 0.5) is 10.1 Å². The minimum atomic E-state index is -0.251. The summed E-state index contributed by atoms with van der Waals surface area (Å²) in [6.07, 6.45) is 0. The van der Waals surface area contributed by atoms with Gasteiger partial charge in [-0.15, -0.1) is 0 Å². The summed E-state index contributed by atoms with van der Waals surface area (Å²) in [4.78, 5) is 0. The average molecular weight is 498 g/mol. The molecule has 140 valence electrons. The Bertz CT molecular complexity index is 901. The fourth-order valence-corrected chi connectivity index (χ4v) is 3.47. The van der Waals surface area contributed by atoms with Crippen LogP contribution in [0, 0.1) is 9.39 Å². The third-order valence-corrected chi connectivity index (χ3v) is 4.98. The predicted octanol–water partition coefficient (Wildman–Crippen LogP) is 6.28. The molecule has 0 amide bonds. The van der Waals surface area contributed by atoms with E-state index in [1.165, 1.54) is 12.1 Å². The van der Waals surface area contributed by atoms with E-state index in [9.17, 15) is 4.39 Å². The molecule has 0 spiro atoms. The fraction of sp³-hybridized carbons (Fsp3) is 0.143. The highest BCUT2D eigenvalue weighted by Gasteiger charge is 2.12. The molecule has 0 atom stereocenters. The Morgan fingerprint density at radius 1 is 1.00 bits per heavy atom. The maximum Gasteiger partial charge on any atom is 0.174 e. The lowest BCUT2D eigenvalue weighted by molar-refractivity contribution is 0.282. The SMILES string of the molecule is COc1cc(CNc2ccc(F)cc2)cc(I)c1OCc1ccc(Cl)cc1. The van der Waals surface area contributed by atoms with Crippen molar-refractivity contribution in [1.82, 2.24) is 0 Å². The quantitative estimate of drug-likeness (QED) is 0.390. The Balaban J connectivity index is 1.70. The van der Waals surface area contributed by atoms with Crippen LogP contribution in [-0.2, 0) is 13.2 Å². The minimum absolute atomic E-state index is 0.251. The molecule has 3 aromatic carbocycles. The molecule has 0 heterocycles. The molecule has 0 aliphatic heterocycles. The van der Waals surface area contributed by atoms with Gasteiger partial charge >= 0.3 is 0 Å². The number of anilines is 1. The first-order valence-corrected chi connectivity index (χ1v) is 9.74. The third kappa shape index (κ3) is 5.49. The maximum atomic E-state index is 13.0. The molecular formula is C21H18ClFINO2. The van der Waals surface area contributed by atoms with Crippen molar-refractivity contribution in [2.75, 3.05) is 12.4 Å². The van der Waals surface area contributed by atoms with Gasteiger partial charge in [-0.1, -0.05) is 23.7 Å². The zero-order valence-corrected chi connectivity index (χ0v) is 17.6. The van der Waals surface area contributed by atoms with Crippen LogP contribution in [0.5, 0.6) is 11.5 Å². The number of nitrogens with one attached hydrogen (secondary N) is 1. The van der Waals surface area contributed by atoms with E-state index >= 15 is 0 Å². The van der Waals surface area contributed by atoms with Gasteiger partial charge < -0.3 is 14.8 Å². The van der Waals surface area contributed by atoms with Crippen molar-refractivity contribution in [3.05, 3.63) is 86.2 Å². The van der Waals surface area contributed by atoms with Crippen molar-refractivity contribution in [3.63, 3.8) is 0 Å². The first kappa shape index (κ1) is 19.8. The van der Waals surface area contributed by atoms with Crippen LogP contribution in [0.2, 0.25) is 5.02 Å². The number of hydrogen-bond donors (Lipinski definition) is 1. The Hall–Kier alpha value is -1.99. The van der Waals surface area contributed by atoms with Crippen LogP contribution in [0.15, 0.2) is 60.7 Å². The molecule has 6 heteroatoms. The Morgan fingerprint density at radius 3 is 2.37 bits per heavy atom. The van der Waals surface area contributed by atoms with E-state index in [2.05, 4.69) is 27.9 Å². The highest BCUT2D eigenvalue weighted by molar-refractivity contribution is 14.1. The van der Waals surface area contributed by atoms with E-state index < -0.39 is 0 Å². The summed E-state index contributed by atoms with van der Waals surface area (Å²) in [7, 11) is 1.62. The Labute approximate surface area is 176 Å². The van der Waals surface area contributed by atoms with Crippen molar-refractivity contribution in [3.8, 4) is 11.5 Å². The van der Waals surface area contributed by atoms with Gasteiger partial charge in [0.15, 0.2) is 11.5 Å². The van der Waals surface area contributed by atoms with Gasteiger partial charge in [-0.3, -0.25) is 0 Å². The van der Waals surface area contributed by atoms with Gasteiger partial charge in [0, 0.05) is 17.3 Å². The van der Waals surface area contributed by atoms with E-state index in [4.69, 9.17) is 21.1 Å². The van der Waals surface area contributed by atoms with Gasteiger partial charge in [0.2, 0.25) is 0 Å². The number of rotatable bonds is 7. The number of halogens is 3. The minimum Gasteiger partial charge on any atom is -0.493 e. The number of benzene rings is 3. The molecule has 0 fully saturated rings. The van der Waals surface area contributed by atoms with E-state index in [0.717, 1.165) is 20.4 Å². The summed E-state index contributed by atoms with van der Waals surface area (Å²) in [6, 6.07) is 17.8. The zero-order chi connectivity index (χ0) is 19.2. The summed E-state index contributed by atoms with van der Waals surface area (Å²) >= 11 is 8.15. The van der Waals surface area contributed by atoms with E-state index in [-0.39, 0.29) is 5.82 Å². The van der Waals surface area contributed by atoms with Crippen molar-refractivity contribution >= 4 is 39.9 Å². The molecule has 27 heavy (non-hydrogen) atoms. The second-order valence-electron chi connectivity index (χ2n) is 5.88. The lowest BCUT2D eigenvalue weighted by Gasteiger charge is -2.15. The van der Waals surface area contributed by atoms with Crippen LogP contribution < -0.4 is 14.8 Å². The van der Waals surface area contributed by atoms with Gasteiger partial charge in [-0.25, -0.2) is 4.39 Å². The first-order chi connectivity index (χ1) is 13.0. The average Bonchev–Trinajstić information content (AvgIpc) is 2.67. The second-order valence-corrected chi connectivity index (χ2v) is 7.48. The van der Waals surface area contributed by atoms with Crippen LogP contribution in [0.1, 0.15) is 11.1 Å². The predicted molar refractivity (Wildman–Crippen MR) is 115 cm³/mol. The summed E-state index contributed by atoms with van der Waals surface area (Å²) in [5, 5.41) is 3.97. The van der Waals surface area contributed by atoms with Crippen LogP contribution in [0.3, 0.4) is 0 Å². The molecular weight excluding hydrogens is 480 g/mol. The molecule has 3 rings (SSSR count). The van der Waals surface area contributed by atoms with Crippen molar-refractivity contribution in [2.45, 2.75) is 13.2 Å². The van der Waals surface area contributed by atoms with Gasteiger partial charge in [0.1, 0.15) is 12.4 Å². The second kappa shape index (κ2) is 9.28. The molecule has 0 unspecified atom stereocenters. The van der Waals surface area contributed by atoms with E-state index in [0.29, 0.717) is 29.7 Å². The number of hydrogen-bond acceptors (Lipinski definition) is 3. The van der Waals surface area contributed by atoms with E-state index in [1.54, 1.807) is 19.2 Å². The lowest BCUT2D eigenvalue weighted by Crippen LogP contribution is -2.03. The zero-order valence-electron chi connectivity index (χ0n) is 14.6. The molecule has 0 radical (unpaired) electrons. The topological polar surface area (TPSA) is 30.5 Å². The first-order valence-electron chi connectivity index (χ1n) is 8.28. The normalized spacial score (nSPS) is 10.5. The number of ether oxygens (including phenoxy) is 2. The summed E-state index contributed by atoms with van der Waals surface area (Å²) in [6.45, 7) is 1.02. The third-order valence-electron chi connectivity index (χ3n) is 3.93. The highest BCUT2D eigenvalue weighted by atomic mass is 127. The smallest absolute Gasteiger partial charge is 0.174 e. The molecule has 0 aromatic heterocycles. The van der Waals surface area contributed by atoms with Crippen LogP contribution in [-0.4, -0.2) is 7.11 Å². The van der Waals surface area contributed by atoms with Crippen LogP contribution in [0.25, 0.3) is 0 Å². The Kier molecular flexibility index (Phi) is 6.79.